The van der Waals surface area contributed by atoms with Crippen molar-refractivity contribution < 1.29 is 14.3 Å². The van der Waals surface area contributed by atoms with Gasteiger partial charge in [0.25, 0.3) is 0 Å². The molecule has 8 heterocycles. The van der Waals surface area contributed by atoms with Gasteiger partial charge in [-0.1, -0.05) is 6.07 Å². The Morgan fingerprint density at radius 3 is 2.59 bits per heavy atom. The predicted octanol–water partition coefficient (Wildman–Crippen LogP) is 2.62. The molecule has 214 valence electrons. The molecule has 2 bridgehead atoms. The average molecular weight is 557 g/mol. The molecule has 4 fully saturated rings. The molecule has 4 saturated heterocycles. The van der Waals surface area contributed by atoms with Gasteiger partial charge in [-0.2, -0.15) is 0 Å². The summed E-state index contributed by atoms with van der Waals surface area (Å²) in [6.45, 7) is 4.60. The molecule has 1 amide bonds. The summed E-state index contributed by atoms with van der Waals surface area (Å²) >= 11 is 0. The molecular formula is C30H36N8O3. The van der Waals surface area contributed by atoms with E-state index in [0.717, 1.165) is 53.4 Å². The predicted molar refractivity (Wildman–Crippen MR) is 153 cm³/mol. The van der Waals surface area contributed by atoms with Crippen molar-refractivity contribution in [1.82, 2.24) is 29.7 Å². The molecule has 3 aromatic heterocycles. The van der Waals surface area contributed by atoms with E-state index in [9.17, 15) is 4.79 Å². The number of rotatable bonds is 5. The molecule has 3 aromatic rings. The Hall–Kier alpha value is -3.41. The van der Waals surface area contributed by atoms with E-state index in [2.05, 4.69) is 32.2 Å². The maximum atomic E-state index is 13.2. The number of morpholine rings is 1. The van der Waals surface area contributed by atoms with E-state index in [1.165, 1.54) is 25.7 Å². The highest BCUT2D eigenvalue weighted by molar-refractivity contribution is 5.90. The first kappa shape index (κ1) is 25.3. The number of aromatic nitrogens is 4. The zero-order chi connectivity index (χ0) is 27.5. The first-order chi connectivity index (χ1) is 20.1. The number of carbonyl (C=O) groups excluding carboxylic acids is 1. The van der Waals surface area contributed by atoms with Crippen molar-refractivity contribution in [2.75, 3.05) is 56.8 Å². The van der Waals surface area contributed by atoms with Gasteiger partial charge in [0.1, 0.15) is 17.4 Å². The van der Waals surface area contributed by atoms with Gasteiger partial charge < -0.3 is 24.6 Å². The Labute approximate surface area is 239 Å². The van der Waals surface area contributed by atoms with Crippen LogP contribution in [0.15, 0.2) is 24.4 Å². The molecular weight excluding hydrogens is 520 g/mol. The summed E-state index contributed by atoms with van der Waals surface area (Å²) in [5.74, 6) is 2.71. The fourth-order valence-electron chi connectivity index (χ4n) is 7.10. The van der Waals surface area contributed by atoms with E-state index in [1.807, 2.05) is 24.2 Å². The van der Waals surface area contributed by atoms with Crippen molar-refractivity contribution in [3.8, 4) is 0 Å². The maximum Gasteiger partial charge on any atom is 0.242 e. The maximum absolute atomic E-state index is 13.2. The van der Waals surface area contributed by atoms with Crippen molar-refractivity contribution >= 4 is 34.4 Å². The second-order valence-electron chi connectivity index (χ2n) is 12.1. The average Bonchev–Trinajstić information content (AvgIpc) is 3.56. The van der Waals surface area contributed by atoms with E-state index in [-0.39, 0.29) is 11.9 Å². The minimum absolute atomic E-state index is 0.133. The number of amides is 1. The molecule has 0 radical (unpaired) electrons. The fourth-order valence-corrected chi connectivity index (χ4v) is 7.10. The lowest BCUT2D eigenvalue weighted by molar-refractivity contribution is -0.143. The van der Waals surface area contributed by atoms with Crippen LogP contribution >= 0.6 is 0 Å². The summed E-state index contributed by atoms with van der Waals surface area (Å²) in [5.41, 5.74) is 4.07. The number of fused-ring (bicyclic) bond motifs is 4. The summed E-state index contributed by atoms with van der Waals surface area (Å²) in [6, 6.07) is 7.04. The lowest BCUT2D eigenvalue weighted by Gasteiger charge is -2.37. The van der Waals surface area contributed by atoms with E-state index in [1.54, 1.807) is 0 Å². The standard InChI is InChI=1S/C30H36N8O3/c1-36-10-11-40-17-25(36)29(39)37-9-8-23-18(14-37)2-7-26(32-23)34-30-31-13-19-12-24(20-15-41-16-20)33-28(27(19)35-30)38-21-3-4-22(38)6-5-21/h2,7,12-13,20-22,25H,3-6,8-11,14-17H2,1H3,(H,31,32,34,35). The topological polar surface area (TPSA) is 109 Å². The van der Waals surface area contributed by atoms with E-state index >= 15 is 0 Å². The summed E-state index contributed by atoms with van der Waals surface area (Å²) in [7, 11) is 1.99. The van der Waals surface area contributed by atoms with Gasteiger partial charge in [-0.3, -0.25) is 9.69 Å². The highest BCUT2D eigenvalue weighted by Gasteiger charge is 2.41. The van der Waals surface area contributed by atoms with Crippen molar-refractivity contribution in [3.05, 3.63) is 41.3 Å². The van der Waals surface area contributed by atoms with Crippen LogP contribution in [0.1, 0.15) is 48.6 Å². The molecule has 41 heavy (non-hydrogen) atoms. The SMILES string of the molecule is CN1CCOCC1C(=O)N1CCc2nc(Nc3ncc4cc(C5COC5)nc(N5C6CCC5CC6)c4n3)ccc2C1. The first-order valence-electron chi connectivity index (χ1n) is 15.0. The van der Waals surface area contributed by atoms with Crippen molar-refractivity contribution in [1.29, 1.82) is 0 Å². The van der Waals surface area contributed by atoms with Crippen LogP contribution in [0.25, 0.3) is 10.9 Å². The van der Waals surface area contributed by atoms with Crippen LogP contribution in [0.5, 0.6) is 0 Å². The monoisotopic (exact) mass is 556 g/mol. The molecule has 1 atom stereocenters. The van der Waals surface area contributed by atoms with Gasteiger partial charge >= 0.3 is 0 Å². The number of ether oxygens (including phenoxy) is 2. The summed E-state index contributed by atoms with van der Waals surface area (Å²) in [4.78, 5) is 39.5. The largest absolute Gasteiger partial charge is 0.380 e. The Morgan fingerprint density at radius 1 is 1.00 bits per heavy atom. The number of nitrogens with zero attached hydrogens (tertiary/aromatic N) is 7. The smallest absolute Gasteiger partial charge is 0.242 e. The van der Waals surface area contributed by atoms with Crippen molar-refractivity contribution in [2.45, 2.75) is 62.7 Å². The van der Waals surface area contributed by atoms with Gasteiger partial charge in [-0.05, 0) is 50.4 Å². The highest BCUT2D eigenvalue weighted by atomic mass is 16.5. The van der Waals surface area contributed by atoms with Crippen LogP contribution < -0.4 is 10.2 Å². The van der Waals surface area contributed by atoms with Gasteiger partial charge in [-0.25, -0.2) is 19.9 Å². The minimum Gasteiger partial charge on any atom is -0.380 e. The second kappa shape index (κ2) is 10.1. The second-order valence-corrected chi connectivity index (χ2v) is 12.1. The zero-order valence-electron chi connectivity index (χ0n) is 23.5. The zero-order valence-corrected chi connectivity index (χ0v) is 23.5. The van der Waals surface area contributed by atoms with Crippen LogP contribution in [0.3, 0.4) is 0 Å². The molecule has 0 saturated carbocycles. The number of pyridine rings is 2. The third-order valence-corrected chi connectivity index (χ3v) is 9.60. The van der Waals surface area contributed by atoms with Crippen molar-refractivity contribution in [2.24, 2.45) is 0 Å². The molecule has 8 rings (SSSR count). The molecule has 0 aliphatic carbocycles. The highest BCUT2D eigenvalue weighted by Crippen LogP contribution is 2.43. The quantitative estimate of drug-likeness (QED) is 0.504. The number of carbonyl (C=O) groups is 1. The summed E-state index contributed by atoms with van der Waals surface area (Å²) in [5, 5.41) is 4.37. The Bertz CT molecular complexity index is 1480. The van der Waals surface area contributed by atoms with E-state index in [0.29, 0.717) is 62.5 Å². The lowest BCUT2D eigenvalue weighted by Crippen LogP contribution is -2.54. The molecule has 1 N–H and O–H groups in total. The third-order valence-electron chi connectivity index (χ3n) is 9.60. The van der Waals surface area contributed by atoms with E-state index < -0.39 is 0 Å². The third kappa shape index (κ3) is 4.50. The molecule has 11 heteroatoms. The van der Waals surface area contributed by atoms with Crippen LogP contribution in [0, 0.1) is 0 Å². The molecule has 0 spiro atoms. The molecule has 5 aliphatic rings. The lowest BCUT2D eigenvalue weighted by atomic mass is 10.0. The van der Waals surface area contributed by atoms with Crippen LogP contribution in [0.2, 0.25) is 0 Å². The molecule has 1 unspecified atom stereocenters. The van der Waals surface area contributed by atoms with Gasteiger partial charge in [-0.15, -0.1) is 0 Å². The normalized spacial score (nSPS) is 26.3. The van der Waals surface area contributed by atoms with E-state index in [4.69, 9.17) is 24.4 Å². The number of hydrogen-bond donors (Lipinski definition) is 1. The number of anilines is 3. The minimum atomic E-state index is -0.211. The van der Waals surface area contributed by atoms with Crippen LogP contribution in [0.4, 0.5) is 17.6 Å². The molecule has 0 aromatic carbocycles. The number of hydrogen-bond acceptors (Lipinski definition) is 10. The first-order valence-corrected chi connectivity index (χ1v) is 15.0. The molecule has 5 aliphatic heterocycles. The molecule has 11 nitrogen and oxygen atoms in total. The van der Waals surface area contributed by atoms with Gasteiger partial charge in [0.05, 0.1) is 32.1 Å². The fraction of sp³-hybridized carbons (Fsp3) is 0.567. The Balaban J connectivity index is 1.04. The Kier molecular flexibility index (Phi) is 6.26. The van der Waals surface area contributed by atoms with Crippen molar-refractivity contribution in [3.63, 3.8) is 0 Å². The van der Waals surface area contributed by atoms with Gasteiger partial charge in [0, 0.05) is 61.3 Å². The van der Waals surface area contributed by atoms with Crippen LogP contribution in [-0.2, 0) is 27.2 Å². The number of nitrogens with one attached hydrogen (secondary N) is 1. The van der Waals surface area contributed by atoms with Gasteiger partial charge in [0.2, 0.25) is 11.9 Å². The van der Waals surface area contributed by atoms with Crippen LogP contribution in [-0.4, -0.2) is 100 Å². The summed E-state index contributed by atoms with van der Waals surface area (Å²) < 4.78 is 11.0. The Morgan fingerprint density at radius 2 is 1.83 bits per heavy atom. The summed E-state index contributed by atoms with van der Waals surface area (Å²) in [6.07, 6.45) is 7.54. The van der Waals surface area contributed by atoms with Gasteiger partial charge in [0.15, 0.2) is 5.82 Å². The number of likely N-dealkylation sites (N-methyl/N-ethyl adjacent to an activating group) is 1.